The van der Waals surface area contributed by atoms with Gasteiger partial charge in [-0.15, -0.1) is 0 Å². The highest BCUT2D eigenvalue weighted by Crippen LogP contribution is 2.32. The van der Waals surface area contributed by atoms with Crippen molar-refractivity contribution in [2.75, 3.05) is 7.11 Å². The van der Waals surface area contributed by atoms with Gasteiger partial charge < -0.3 is 15.0 Å². The number of halogens is 2. The highest BCUT2D eigenvalue weighted by Gasteiger charge is 2.34. The third-order valence-corrected chi connectivity index (χ3v) is 5.30. The van der Waals surface area contributed by atoms with Crippen LogP contribution < -0.4 is 5.32 Å². The standard InChI is InChI=1S/C20H18Cl2N2O2S/c1-12-17(19(25)26-2)18(14-5-9-16(22)10-6-14)23-20(27)24(12)11-13-3-7-15(21)8-4-13/h3-10,18H,11H2,1-2H3,(H,23,27). The number of thiocarbonyl (C=S) groups is 1. The van der Waals surface area contributed by atoms with Crippen molar-refractivity contribution in [1.82, 2.24) is 10.2 Å². The molecule has 0 aliphatic carbocycles. The SMILES string of the molecule is COC(=O)C1=C(C)N(Cc2ccc(Cl)cc2)C(=S)NC1c1ccc(Cl)cc1. The summed E-state index contributed by atoms with van der Waals surface area (Å²) in [7, 11) is 1.37. The van der Waals surface area contributed by atoms with E-state index < -0.39 is 12.0 Å². The summed E-state index contributed by atoms with van der Waals surface area (Å²) in [6.45, 7) is 2.39. The molecule has 0 spiro atoms. The number of methoxy groups -OCH3 is 1. The van der Waals surface area contributed by atoms with Crippen molar-refractivity contribution >= 4 is 46.5 Å². The molecule has 1 N–H and O–H groups in total. The second-order valence-corrected chi connectivity index (χ2v) is 7.40. The van der Waals surface area contributed by atoms with Crippen LogP contribution in [0.3, 0.4) is 0 Å². The van der Waals surface area contributed by atoms with Crippen molar-refractivity contribution in [3.8, 4) is 0 Å². The first kappa shape index (κ1) is 19.7. The molecule has 1 atom stereocenters. The lowest BCUT2D eigenvalue weighted by Crippen LogP contribution is -2.47. The number of ether oxygens (including phenoxy) is 1. The molecule has 0 amide bonds. The van der Waals surface area contributed by atoms with E-state index in [0.29, 0.717) is 27.3 Å². The maximum atomic E-state index is 12.5. The van der Waals surface area contributed by atoms with E-state index in [1.54, 1.807) is 12.1 Å². The quantitative estimate of drug-likeness (QED) is 0.564. The number of carbonyl (C=O) groups excluding carboxylic acids is 1. The Kier molecular flexibility index (Phi) is 6.05. The summed E-state index contributed by atoms with van der Waals surface area (Å²) in [4.78, 5) is 14.4. The molecule has 1 aliphatic heterocycles. The van der Waals surface area contributed by atoms with Crippen LogP contribution in [0.15, 0.2) is 59.8 Å². The molecule has 2 aromatic rings. The van der Waals surface area contributed by atoms with E-state index in [4.69, 9.17) is 40.2 Å². The molecule has 0 saturated heterocycles. The van der Waals surface area contributed by atoms with E-state index >= 15 is 0 Å². The van der Waals surface area contributed by atoms with Gasteiger partial charge in [-0.3, -0.25) is 0 Å². The van der Waals surface area contributed by atoms with E-state index in [1.807, 2.05) is 48.2 Å². The van der Waals surface area contributed by atoms with Gasteiger partial charge in [0.05, 0.1) is 18.7 Å². The second-order valence-electron chi connectivity index (χ2n) is 6.14. The van der Waals surface area contributed by atoms with Crippen LogP contribution in [0.2, 0.25) is 10.0 Å². The lowest BCUT2D eigenvalue weighted by molar-refractivity contribution is -0.136. The predicted octanol–water partition coefficient (Wildman–Crippen LogP) is 4.87. The molecule has 1 heterocycles. The largest absolute Gasteiger partial charge is 0.466 e. The van der Waals surface area contributed by atoms with Gasteiger partial charge in [-0.25, -0.2) is 4.79 Å². The average Bonchev–Trinajstić information content (AvgIpc) is 2.66. The number of hydrogen-bond acceptors (Lipinski definition) is 3. The van der Waals surface area contributed by atoms with Crippen molar-refractivity contribution in [2.24, 2.45) is 0 Å². The zero-order valence-electron chi connectivity index (χ0n) is 14.8. The summed E-state index contributed by atoms with van der Waals surface area (Å²) in [6.07, 6.45) is 0. The van der Waals surface area contributed by atoms with Crippen LogP contribution in [0, 0.1) is 0 Å². The van der Waals surface area contributed by atoms with E-state index in [9.17, 15) is 4.79 Å². The highest BCUT2D eigenvalue weighted by atomic mass is 35.5. The first-order chi connectivity index (χ1) is 12.9. The van der Waals surface area contributed by atoms with Gasteiger partial charge in [-0.1, -0.05) is 47.5 Å². The van der Waals surface area contributed by atoms with E-state index in [2.05, 4.69) is 5.32 Å². The van der Waals surface area contributed by atoms with Crippen LogP contribution in [0.5, 0.6) is 0 Å². The van der Waals surface area contributed by atoms with Gasteiger partial charge in [-0.2, -0.15) is 0 Å². The first-order valence-corrected chi connectivity index (χ1v) is 9.44. The minimum atomic E-state index is -0.399. The Labute approximate surface area is 173 Å². The molecular weight excluding hydrogens is 403 g/mol. The van der Waals surface area contributed by atoms with Gasteiger partial charge in [0.25, 0.3) is 0 Å². The number of allylic oxidation sites excluding steroid dienone is 1. The molecule has 4 nitrogen and oxygen atoms in total. The monoisotopic (exact) mass is 420 g/mol. The molecule has 1 aliphatic rings. The second kappa shape index (κ2) is 8.30. The maximum absolute atomic E-state index is 12.5. The number of hydrogen-bond donors (Lipinski definition) is 1. The van der Waals surface area contributed by atoms with Crippen LogP contribution in [-0.2, 0) is 16.1 Å². The topological polar surface area (TPSA) is 41.6 Å². The Morgan fingerprint density at radius 2 is 1.67 bits per heavy atom. The molecule has 0 aromatic heterocycles. The van der Waals surface area contributed by atoms with Gasteiger partial charge in [0, 0.05) is 22.3 Å². The molecule has 0 bridgehead atoms. The van der Waals surface area contributed by atoms with Gasteiger partial charge in [0.2, 0.25) is 0 Å². The highest BCUT2D eigenvalue weighted by molar-refractivity contribution is 7.80. The normalized spacial score (nSPS) is 17.0. The van der Waals surface area contributed by atoms with Crippen molar-refractivity contribution in [3.05, 3.63) is 81.0 Å². The van der Waals surface area contributed by atoms with E-state index in [0.717, 1.165) is 16.8 Å². The fourth-order valence-electron chi connectivity index (χ4n) is 3.02. The zero-order chi connectivity index (χ0) is 19.6. The molecule has 140 valence electrons. The molecule has 27 heavy (non-hydrogen) atoms. The maximum Gasteiger partial charge on any atom is 0.337 e. The molecule has 2 aromatic carbocycles. The Morgan fingerprint density at radius 1 is 1.11 bits per heavy atom. The van der Waals surface area contributed by atoms with Crippen LogP contribution in [-0.4, -0.2) is 23.1 Å². The minimum absolute atomic E-state index is 0.399. The Bertz CT molecular complexity index is 895. The van der Waals surface area contributed by atoms with Crippen molar-refractivity contribution < 1.29 is 9.53 Å². The molecule has 0 radical (unpaired) electrons. The Morgan fingerprint density at radius 3 is 2.22 bits per heavy atom. The van der Waals surface area contributed by atoms with Crippen LogP contribution in [0.4, 0.5) is 0 Å². The Balaban J connectivity index is 2.00. The van der Waals surface area contributed by atoms with E-state index in [1.165, 1.54) is 7.11 Å². The minimum Gasteiger partial charge on any atom is -0.466 e. The first-order valence-electron chi connectivity index (χ1n) is 8.27. The third-order valence-electron chi connectivity index (χ3n) is 4.46. The fourth-order valence-corrected chi connectivity index (χ4v) is 3.59. The molecule has 0 fully saturated rings. The lowest BCUT2D eigenvalue weighted by Gasteiger charge is -2.37. The van der Waals surface area contributed by atoms with Gasteiger partial charge in [0.1, 0.15) is 0 Å². The van der Waals surface area contributed by atoms with Crippen LogP contribution in [0.25, 0.3) is 0 Å². The molecule has 7 heteroatoms. The predicted molar refractivity (Wildman–Crippen MR) is 112 cm³/mol. The number of carbonyl (C=O) groups is 1. The smallest absolute Gasteiger partial charge is 0.337 e. The number of nitrogens with one attached hydrogen (secondary N) is 1. The van der Waals surface area contributed by atoms with Gasteiger partial charge >= 0.3 is 5.97 Å². The molecular formula is C20H18Cl2N2O2S. The van der Waals surface area contributed by atoms with Crippen molar-refractivity contribution in [3.63, 3.8) is 0 Å². The Hall–Kier alpha value is -2.08. The summed E-state index contributed by atoms with van der Waals surface area (Å²) in [5, 5.41) is 5.09. The number of benzene rings is 2. The summed E-state index contributed by atoms with van der Waals surface area (Å²) < 4.78 is 5.03. The molecule has 1 unspecified atom stereocenters. The molecule has 0 saturated carbocycles. The van der Waals surface area contributed by atoms with Crippen molar-refractivity contribution in [1.29, 1.82) is 0 Å². The molecule has 3 rings (SSSR count). The van der Waals surface area contributed by atoms with Gasteiger partial charge in [-0.05, 0) is 54.5 Å². The fraction of sp³-hybridized carbons (Fsp3) is 0.200. The summed E-state index contributed by atoms with van der Waals surface area (Å²) in [5.74, 6) is -0.399. The average molecular weight is 421 g/mol. The summed E-state index contributed by atoms with van der Waals surface area (Å²) >= 11 is 17.5. The van der Waals surface area contributed by atoms with Crippen molar-refractivity contribution in [2.45, 2.75) is 19.5 Å². The summed E-state index contributed by atoms with van der Waals surface area (Å²) in [5.41, 5.74) is 3.17. The van der Waals surface area contributed by atoms with Gasteiger partial charge in [0.15, 0.2) is 5.11 Å². The number of nitrogens with zero attached hydrogens (tertiary/aromatic N) is 1. The van der Waals surface area contributed by atoms with Crippen LogP contribution >= 0.6 is 35.4 Å². The zero-order valence-corrected chi connectivity index (χ0v) is 17.2. The number of rotatable bonds is 4. The third kappa shape index (κ3) is 4.26. The summed E-state index contributed by atoms with van der Waals surface area (Å²) in [6, 6.07) is 14.4. The van der Waals surface area contributed by atoms with E-state index in [-0.39, 0.29) is 0 Å². The number of esters is 1. The lowest BCUT2D eigenvalue weighted by atomic mass is 9.95. The van der Waals surface area contributed by atoms with Crippen LogP contribution in [0.1, 0.15) is 24.1 Å².